The highest BCUT2D eigenvalue weighted by Crippen LogP contribution is 2.26. The van der Waals surface area contributed by atoms with Crippen LogP contribution in [0.5, 0.6) is 0 Å². The van der Waals surface area contributed by atoms with Crippen LogP contribution in [0.15, 0.2) is 10.5 Å². The Balaban J connectivity index is 2.06. The molecule has 2 heterocycles. The van der Waals surface area contributed by atoms with Crippen LogP contribution < -0.4 is 0 Å². The standard InChI is InChI=1S/C13H19NO3S/c1-8-5-14(6-9(2)18-8)7-11-4-12(13(15)16)17-10(11)3/h4,8-9H,5-7H2,1-3H3,(H,15,16). The van der Waals surface area contributed by atoms with E-state index in [-0.39, 0.29) is 5.76 Å². The van der Waals surface area contributed by atoms with E-state index in [2.05, 4.69) is 18.7 Å². The van der Waals surface area contributed by atoms with Crippen LogP contribution in [0.3, 0.4) is 0 Å². The molecule has 2 unspecified atom stereocenters. The number of thioether (sulfide) groups is 1. The minimum atomic E-state index is -1.000. The number of aryl methyl sites for hydroxylation is 1. The maximum atomic E-state index is 10.9. The Bertz CT molecular complexity index is 433. The van der Waals surface area contributed by atoms with Crippen LogP contribution in [0.4, 0.5) is 0 Å². The van der Waals surface area contributed by atoms with Crippen molar-refractivity contribution in [1.82, 2.24) is 4.90 Å². The molecule has 4 nitrogen and oxygen atoms in total. The first-order valence-corrected chi connectivity index (χ1v) is 7.10. The summed E-state index contributed by atoms with van der Waals surface area (Å²) in [6, 6.07) is 1.65. The van der Waals surface area contributed by atoms with Crippen molar-refractivity contribution in [1.29, 1.82) is 0 Å². The fraction of sp³-hybridized carbons (Fsp3) is 0.615. The van der Waals surface area contributed by atoms with Gasteiger partial charge in [-0.05, 0) is 13.0 Å². The second kappa shape index (κ2) is 5.36. The van der Waals surface area contributed by atoms with E-state index in [0.29, 0.717) is 16.3 Å². The number of carbonyl (C=O) groups is 1. The lowest BCUT2D eigenvalue weighted by molar-refractivity contribution is 0.0661. The zero-order valence-corrected chi connectivity index (χ0v) is 11.8. The average molecular weight is 269 g/mol. The SMILES string of the molecule is Cc1oc(C(=O)O)cc1CN1CC(C)SC(C)C1. The van der Waals surface area contributed by atoms with Crippen LogP contribution in [0.2, 0.25) is 0 Å². The van der Waals surface area contributed by atoms with Crippen molar-refractivity contribution in [2.75, 3.05) is 13.1 Å². The third-order valence-electron chi connectivity index (χ3n) is 3.12. The van der Waals surface area contributed by atoms with E-state index in [9.17, 15) is 4.79 Å². The van der Waals surface area contributed by atoms with Crippen LogP contribution in [-0.4, -0.2) is 39.6 Å². The van der Waals surface area contributed by atoms with Gasteiger partial charge < -0.3 is 9.52 Å². The predicted molar refractivity (Wildman–Crippen MR) is 72.2 cm³/mol. The lowest BCUT2D eigenvalue weighted by Gasteiger charge is -2.34. The normalized spacial score (nSPS) is 25.3. The predicted octanol–water partition coefficient (Wildman–Crippen LogP) is 2.61. The topological polar surface area (TPSA) is 53.7 Å². The van der Waals surface area contributed by atoms with Gasteiger partial charge in [0.2, 0.25) is 5.76 Å². The molecule has 1 aliphatic rings. The first-order valence-electron chi connectivity index (χ1n) is 6.16. The Morgan fingerprint density at radius 3 is 2.61 bits per heavy atom. The van der Waals surface area contributed by atoms with Gasteiger partial charge in [-0.2, -0.15) is 11.8 Å². The van der Waals surface area contributed by atoms with Crippen LogP contribution >= 0.6 is 11.8 Å². The lowest BCUT2D eigenvalue weighted by Crippen LogP contribution is -2.39. The Morgan fingerprint density at radius 2 is 2.11 bits per heavy atom. The number of aromatic carboxylic acids is 1. The van der Waals surface area contributed by atoms with Crippen molar-refractivity contribution in [2.24, 2.45) is 0 Å². The van der Waals surface area contributed by atoms with Gasteiger partial charge in [0.1, 0.15) is 5.76 Å². The van der Waals surface area contributed by atoms with Crippen molar-refractivity contribution in [3.05, 3.63) is 23.2 Å². The van der Waals surface area contributed by atoms with E-state index in [0.717, 1.165) is 25.2 Å². The summed E-state index contributed by atoms with van der Waals surface area (Å²) < 4.78 is 5.24. The number of carboxylic acid groups (broad SMARTS) is 1. The molecule has 100 valence electrons. The number of carboxylic acids is 1. The van der Waals surface area contributed by atoms with Crippen molar-refractivity contribution >= 4 is 17.7 Å². The smallest absolute Gasteiger partial charge is 0.371 e. The van der Waals surface area contributed by atoms with Gasteiger partial charge in [0.15, 0.2) is 0 Å². The number of hydrogen-bond acceptors (Lipinski definition) is 4. The summed E-state index contributed by atoms with van der Waals surface area (Å²) in [7, 11) is 0. The molecule has 1 N–H and O–H groups in total. The van der Waals surface area contributed by atoms with Crippen molar-refractivity contribution in [2.45, 2.75) is 37.8 Å². The first-order chi connectivity index (χ1) is 8.45. The van der Waals surface area contributed by atoms with Gasteiger partial charge in [-0.1, -0.05) is 13.8 Å². The highest BCUT2D eigenvalue weighted by molar-refractivity contribution is 8.00. The van der Waals surface area contributed by atoms with Crippen LogP contribution in [-0.2, 0) is 6.54 Å². The number of hydrogen-bond donors (Lipinski definition) is 1. The van der Waals surface area contributed by atoms with Crippen molar-refractivity contribution < 1.29 is 14.3 Å². The first kappa shape index (κ1) is 13.5. The van der Waals surface area contributed by atoms with E-state index in [1.807, 2.05) is 18.7 Å². The monoisotopic (exact) mass is 269 g/mol. The fourth-order valence-corrected chi connectivity index (χ4v) is 3.82. The van der Waals surface area contributed by atoms with Crippen molar-refractivity contribution in [3.63, 3.8) is 0 Å². The number of nitrogens with zero attached hydrogens (tertiary/aromatic N) is 1. The van der Waals surface area contributed by atoms with Gasteiger partial charge in [-0.15, -0.1) is 0 Å². The lowest BCUT2D eigenvalue weighted by atomic mass is 10.2. The minimum absolute atomic E-state index is 0.0370. The largest absolute Gasteiger partial charge is 0.475 e. The van der Waals surface area contributed by atoms with Gasteiger partial charge in [0.25, 0.3) is 0 Å². The second-order valence-corrected chi connectivity index (χ2v) is 6.83. The minimum Gasteiger partial charge on any atom is -0.475 e. The van der Waals surface area contributed by atoms with E-state index in [4.69, 9.17) is 9.52 Å². The molecule has 1 aromatic heterocycles. The highest BCUT2D eigenvalue weighted by Gasteiger charge is 2.23. The van der Waals surface area contributed by atoms with E-state index in [1.165, 1.54) is 0 Å². The average Bonchev–Trinajstić information content (AvgIpc) is 2.59. The molecule has 0 saturated carbocycles. The zero-order chi connectivity index (χ0) is 13.3. The molecule has 0 amide bonds. The van der Waals surface area contributed by atoms with Gasteiger partial charge in [-0.25, -0.2) is 4.79 Å². The molecule has 0 aliphatic carbocycles. The molecule has 0 spiro atoms. The molecule has 1 aromatic rings. The molecule has 0 aromatic carbocycles. The second-order valence-electron chi connectivity index (χ2n) is 4.95. The van der Waals surface area contributed by atoms with Gasteiger partial charge in [0.05, 0.1) is 0 Å². The molecule has 0 bridgehead atoms. The summed E-state index contributed by atoms with van der Waals surface area (Å²) in [5.41, 5.74) is 0.985. The number of rotatable bonds is 3. The Morgan fingerprint density at radius 1 is 1.50 bits per heavy atom. The molecule has 1 saturated heterocycles. The molecule has 2 rings (SSSR count). The summed E-state index contributed by atoms with van der Waals surface area (Å²) in [5, 5.41) is 10.2. The van der Waals surface area contributed by atoms with Crippen molar-refractivity contribution in [3.8, 4) is 0 Å². The van der Waals surface area contributed by atoms with Crippen LogP contribution in [0.1, 0.15) is 35.7 Å². The molecular weight excluding hydrogens is 250 g/mol. The molecular formula is C13H19NO3S. The maximum absolute atomic E-state index is 10.9. The maximum Gasteiger partial charge on any atom is 0.371 e. The summed E-state index contributed by atoms with van der Waals surface area (Å²) in [5.74, 6) is -0.249. The molecule has 2 atom stereocenters. The summed E-state index contributed by atoms with van der Waals surface area (Å²) in [6.45, 7) is 9.16. The Labute approximate surface area is 111 Å². The third kappa shape index (κ3) is 3.09. The third-order valence-corrected chi connectivity index (χ3v) is 4.35. The van der Waals surface area contributed by atoms with E-state index >= 15 is 0 Å². The van der Waals surface area contributed by atoms with Crippen LogP contribution in [0, 0.1) is 6.92 Å². The summed E-state index contributed by atoms with van der Waals surface area (Å²) >= 11 is 2.01. The summed E-state index contributed by atoms with van der Waals surface area (Å²) in [6.07, 6.45) is 0. The molecule has 18 heavy (non-hydrogen) atoms. The zero-order valence-electron chi connectivity index (χ0n) is 11.0. The highest BCUT2D eigenvalue weighted by atomic mass is 32.2. The van der Waals surface area contributed by atoms with Gasteiger partial charge in [0, 0.05) is 35.7 Å². The molecule has 1 fully saturated rings. The van der Waals surface area contributed by atoms with Gasteiger partial charge >= 0.3 is 5.97 Å². The Kier molecular flexibility index (Phi) is 4.02. The van der Waals surface area contributed by atoms with E-state index < -0.39 is 5.97 Å². The number of furan rings is 1. The molecule has 0 radical (unpaired) electrons. The van der Waals surface area contributed by atoms with Gasteiger partial charge in [-0.3, -0.25) is 4.90 Å². The van der Waals surface area contributed by atoms with Crippen LogP contribution in [0.25, 0.3) is 0 Å². The Hall–Kier alpha value is -0.940. The summed E-state index contributed by atoms with van der Waals surface area (Å²) in [4.78, 5) is 13.2. The fourth-order valence-electron chi connectivity index (χ4n) is 2.44. The quantitative estimate of drug-likeness (QED) is 0.914. The van der Waals surface area contributed by atoms with E-state index in [1.54, 1.807) is 6.07 Å². The molecule has 5 heteroatoms. The molecule has 1 aliphatic heterocycles.